The highest BCUT2D eigenvalue weighted by Gasteiger charge is 2.25. The van der Waals surface area contributed by atoms with Crippen LogP contribution in [-0.2, 0) is 24.4 Å². The van der Waals surface area contributed by atoms with E-state index in [1.165, 1.54) is 16.7 Å². The maximum atomic E-state index is 13.0. The summed E-state index contributed by atoms with van der Waals surface area (Å²) in [5.41, 5.74) is 7.07. The van der Waals surface area contributed by atoms with Crippen molar-refractivity contribution < 1.29 is 14.3 Å². The second-order valence-corrected chi connectivity index (χ2v) is 9.55. The van der Waals surface area contributed by atoms with Crippen LogP contribution >= 0.6 is 0 Å². The van der Waals surface area contributed by atoms with Gasteiger partial charge in [0.1, 0.15) is 0 Å². The second kappa shape index (κ2) is 9.68. The summed E-state index contributed by atoms with van der Waals surface area (Å²) in [6, 6.07) is 21.8. The Morgan fingerprint density at radius 1 is 0.972 bits per heavy atom. The minimum Gasteiger partial charge on any atom is -0.379 e. The Bertz CT molecular complexity index is 1330. The van der Waals surface area contributed by atoms with Crippen molar-refractivity contribution in [1.82, 2.24) is 9.80 Å². The van der Waals surface area contributed by atoms with Crippen LogP contribution in [0, 0.1) is 0 Å². The summed E-state index contributed by atoms with van der Waals surface area (Å²) in [5.74, 6) is -0.283. The van der Waals surface area contributed by atoms with Crippen LogP contribution in [0.3, 0.4) is 0 Å². The number of aliphatic imine (C=N–C) groups is 1. The number of amides is 3. The number of hydrogen-bond donors (Lipinski definition) is 1. The van der Waals surface area contributed by atoms with Gasteiger partial charge in [0.05, 0.1) is 13.2 Å². The number of ether oxygens (including phenoxy) is 1. The quantitative estimate of drug-likeness (QED) is 0.600. The molecule has 3 aliphatic rings. The summed E-state index contributed by atoms with van der Waals surface area (Å²) in [6.45, 7) is 5.65. The molecule has 3 aromatic carbocycles. The van der Waals surface area contributed by atoms with E-state index < -0.39 is 0 Å². The minimum atomic E-state index is -0.203. The van der Waals surface area contributed by atoms with Crippen molar-refractivity contribution in [2.45, 2.75) is 25.6 Å². The molecule has 182 valence electrons. The Morgan fingerprint density at radius 2 is 1.75 bits per heavy atom. The molecule has 6 rings (SSSR count). The zero-order chi connectivity index (χ0) is 24.5. The topological polar surface area (TPSA) is 74.2 Å². The normalized spacial score (nSPS) is 19.2. The van der Waals surface area contributed by atoms with Crippen molar-refractivity contribution in [2.75, 3.05) is 31.6 Å². The molecular weight excluding hydrogens is 452 g/mol. The van der Waals surface area contributed by atoms with Crippen LogP contribution < -0.4 is 5.32 Å². The number of carbonyl (C=O) groups is 2. The molecular formula is C29H28N4O3. The van der Waals surface area contributed by atoms with Gasteiger partial charge in [-0.15, -0.1) is 0 Å². The first kappa shape index (κ1) is 22.6. The van der Waals surface area contributed by atoms with Gasteiger partial charge in [-0.1, -0.05) is 48.5 Å². The van der Waals surface area contributed by atoms with Crippen molar-refractivity contribution in [3.05, 3.63) is 100 Å². The molecule has 0 aromatic heterocycles. The number of nitrogens with one attached hydrogen (secondary N) is 1. The van der Waals surface area contributed by atoms with Crippen molar-refractivity contribution >= 4 is 23.8 Å². The Morgan fingerprint density at radius 3 is 2.58 bits per heavy atom. The number of benzene rings is 3. The van der Waals surface area contributed by atoms with Crippen molar-refractivity contribution in [2.24, 2.45) is 4.99 Å². The molecule has 1 unspecified atom stereocenters. The Hall–Kier alpha value is -3.81. The van der Waals surface area contributed by atoms with Gasteiger partial charge >= 0.3 is 6.03 Å². The molecule has 3 aliphatic heterocycles. The number of fused-ring (bicyclic) bond motifs is 2. The number of rotatable bonds is 4. The third kappa shape index (κ3) is 4.55. The Labute approximate surface area is 210 Å². The van der Waals surface area contributed by atoms with E-state index in [0.717, 1.165) is 49.7 Å². The molecule has 0 radical (unpaired) electrons. The largest absolute Gasteiger partial charge is 0.379 e. The standard InChI is InChI=1S/C29H28N4O3/c34-28-26-4-2-1-3-25(26)27(16-30-28)21-7-9-24(10-8-21)31-29(35)33-18-22-6-5-20(15-23(22)19-33)17-32-11-13-36-14-12-32/h1-10,15-16,27H,11-14,17-19H2,(H,31,35). The van der Waals surface area contributed by atoms with E-state index in [1.807, 2.05) is 53.4 Å². The van der Waals surface area contributed by atoms with E-state index in [9.17, 15) is 9.59 Å². The maximum absolute atomic E-state index is 13.0. The van der Waals surface area contributed by atoms with Crippen LogP contribution in [0.5, 0.6) is 0 Å². The van der Waals surface area contributed by atoms with E-state index in [4.69, 9.17) is 4.74 Å². The summed E-state index contributed by atoms with van der Waals surface area (Å²) in [6.07, 6.45) is 1.70. The lowest BCUT2D eigenvalue weighted by atomic mass is 9.87. The fourth-order valence-electron chi connectivity index (χ4n) is 5.20. The van der Waals surface area contributed by atoms with Crippen LogP contribution in [0.2, 0.25) is 0 Å². The summed E-state index contributed by atoms with van der Waals surface area (Å²) >= 11 is 0. The van der Waals surface area contributed by atoms with Gasteiger partial charge < -0.3 is 15.0 Å². The third-order valence-corrected chi connectivity index (χ3v) is 7.18. The van der Waals surface area contributed by atoms with E-state index in [0.29, 0.717) is 18.7 Å². The van der Waals surface area contributed by atoms with E-state index >= 15 is 0 Å². The van der Waals surface area contributed by atoms with Gasteiger partial charge in [0.15, 0.2) is 0 Å². The highest BCUT2D eigenvalue weighted by molar-refractivity contribution is 6.05. The lowest BCUT2D eigenvalue weighted by molar-refractivity contribution is 0.0342. The van der Waals surface area contributed by atoms with Crippen LogP contribution in [0.4, 0.5) is 10.5 Å². The van der Waals surface area contributed by atoms with Crippen molar-refractivity contribution in [3.63, 3.8) is 0 Å². The molecule has 0 bridgehead atoms. The molecule has 0 spiro atoms. The molecule has 1 saturated heterocycles. The first-order chi connectivity index (χ1) is 17.6. The zero-order valence-corrected chi connectivity index (χ0v) is 20.0. The number of carbonyl (C=O) groups excluding carboxylic acids is 2. The monoisotopic (exact) mass is 480 g/mol. The number of nitrogens with zero attached hydrogens (tertiary/aromatic N) is 3. The molecule has 7 nitrogen and oxygen atoms in total. The second-order valence-electron chi connectivity index (χ2n) is 9.55. The predicted octanol–water partition coefficient (Wildman–Crippen LogP) is 4.42. The molecule has 3 aromatic rings. The molecule has 3 heterocycles. The Kier molecular flexibility index (Phi) is 6.09. The van der Waals surface area contributed by atoms with Crippen LogP contribution in [0.1, 0.15) is 44.1 Å². The highest BCUT2D eigenvalue weighted by Crippen LogP contribution is 2.31. The van der Waals surface area contributed by atoms with Crippen LogP contribution in [-0.4, -0.2) is 54.3 Å². The highest BCUT2D eigenvalue weighted by atomic mass is 16.5. The molecule has 3 amide bonds. The number of anilines is 1. The van der Waals surface area contributed by atoms with E-state index in [-0.39, 0.29) is 17.9 Å². The zero-order valence-electron chi connectivity index (χ0n) is 20.0. The van der Waals surface area contributed by atoms with Gasteiger partial charge in [-0.25, -0.2) is 9.79 Å². The molecule has 1 fully saturated rings. The first-order valence-corrected chi connectivity index (χ1v) is 12.4. The average molecular weight is 481 g/mol. The SMILES string of the molecule is O=C1N=CC(c2ccc(NC(=O)N3Cc4ccc(CN5CCOCC5)cc4C3)cc2)c2ccccc21. The predicted molar refractivity (Wildman–Crippen MR) is 138 cm³/mol. The fourth-order valence-corrected chi connectivity index (χ4v) is 5.20. The lowest BCUT2D eigenvalue weighted by Crippen LogP contribution is -2.35. The smallest absolute Gasteiger partial charge is 0.322 e. The fraction of sp³-hybridized carbons (Fsp3) is 0.276. The summed E-state index contributed by atoms with van der Waals surface area (Å²) in [5, 5.41) is 3.03. The molecule has 1 N–H and O–H groups in total. The summed E-state index contributed by atoms with van der Waals surface area (Å²) in [7, 11) is 0. The van der Waals surface area contributed by atoms with Gasteiger partial charge in [0, 0.05) is 56.1 Å². The van der Waals surface area contributed by atoms with Gasteiger partial charge in [-0.05, 0) is 46.0 Å². The van der Waals surface area contributed by atoms with Gasteiger partial charge in [0.2, 0.25) is 0 Å². The van der Waals surface area contributed by atoms with Gasteiger partial charge in [0.25, 0.3) is 5.91 Å². The maximum Gasteiger partial charge on any atom is 0.322 e. The molecule has 7 heteroatoms. The minimum absolute atomic E-state index is 0.0802. The summed E-state index contributed by atoms with van der Waals surface area (Å²) in [4.78, 5) is 33.4. The molecule has 1 atom stereocenters. The molecule has 0 saturated carbocycles. The van der Waals surface area contributed by atoms with Crippen LogP contribution in [0.25, 0.3) is 0 Å². The third-order valence-electron chi connectivity index (χ3n) is 7.18. The molecule has 0 aliphatic carbocycles. The Balaban J connectivity index is 1.09. The number of hydrogen-bond acceptors (Lipinski definition) is 4. The lowest BCUT2D eigenvalue weighted by Gasteiger charge is -2.26. The number of urea groups is 1. The first-order valence-electron chi connectivity index (χ1n) is 12.4. The van der Waals surface area contributed by atoms with Crippen LogP contribution in [0.15, 0.2) is 71.7 Å². The van der Waals surface area contributed by atoms with E-state index in [1.54, 1.807) is 6.21 Å². The summed E-state index contributed by atoms with van der Waals surface area (Å²) < 4.78 is 5.45. The van der Waals surface area contributed by atoms with Gasteiger partial charge in [-0.2, -0.15) is 0 Å². The van der Waals surface area contributed by atoms with E-state index in [2.05, 4.69) is 33.4 Å². The van der Waals surface area contributed by atoms with Crippen molar-refractivity contribution in [1.29, 1.82) is 0 Å². The molecule has 36 heavy (non-hydrogen) atoms. The van der Waals surface area contributed by atoms with Gasteiger partial charge in [-0.3, -0.25) is 9.69 Å². The van der Waals surface area contributed by atoms with Crippen molar-refractivity contribution in [3.8, 4) is 0 Å². The average Bonchev–Trinajstić information content (AvgIpc) is 3.34. The number of morpholine rings is 1.